The lowest BCUT2D eigenvalue weighted by atomic mass is 9.74. The number of halogens is 1. The van der Waals surface area contributed by atoms with E-state index < -0.39 is 0 Å². The summed E-state index contributed by atoms with van der Waals surface area (Å²) in [6.07, 6.45) is 0.729. The van der Waals surface area contributed by atoms with Crippen molar-refractivity contribution in [2.45, 2.75) is 46.3 Å². The molecule has 0 aliphatic carbocycles. The predicted octanol–water partition coefficient (Wildman–Crippen LogP) is 3.54. The highest BCUT2D eigenvalue weighted by Crippen LogP contribution is 2.52. The second-order valence-corrected chi connectivity index (χ2v) is 5.63. The molecule has 0 bridgehead atoms. The average Bonchev–Trinajstić information content (AvgIpc) is 2.80. The van der Waals surface area contributed by atoms with Gasteiger partial charge < -0.3 is 9.72 Å². The first-order valence-corrected chi connectivity index (χ1v) is 6.35. The first-order chi connectivity index (χ1) is 8.41. The summed E-state index contributed by atoms with van der Waals surface area (Å²) in [5.74, 6) is -0.0330. The number of H-pyrrole nitrogens is 1. The number of aromatic nitrogens is 1. The van der Waals surface area contributed by atoms with E-state index in [1.165, 1.54) is 6.07 Å². The normalized spacial score (nSPS) is 30.3. The van der Waals surface area contributed by atoms with Crippen molar-refractivity contribution in [1.29, 1.82) is 5.26 Å². The summed E-state index contributed by atoms with van der Waals surface area (Å²) in [6.45, 7) is 8.39. The van der Waals surface area contributed by atoms with Crippen LogP contribution >= 0.6 is 0 Å². The maximum absolute atomic E-state index is 13.9. The Morgan fingerprint density at radius 2 is 2.22 bits per heavy atom. The zero-order valence-corrected chi connectivity index (χ0v) is 11.2. The van der Waals surface area contributed by atoms with Crippen LogP contribution in [-0.4, -0.2) is 11.1 Å². The molecule has 4 heteroatoms. The minimum absolute atomic E-state index is 0.137. The van der Waals surface area contributed by atoms with Gasteiger partial charge in [0.15, 0.2) is 0 Å². The fourth-order valence-electron chi connectivity index (χ4n) is 2.77. The molecule has 2 heterocycles. The van der Waals surface area contributed by atoms with Crippen LogP contribution in [0.1, 0.15) is 51.6 Å². The number of nitrogens with zero attached hydrogens (tertiary/aromatic N) is 1. The molecule has 3 atom stereocenters. The molecule has 1 N–H and O–H groups in total. The van der Waals surface area contributed by atoms with E-state index in [2.05, 4.69) is 32.7 Å². The van der Waals surface area contributed by atoms with Crippen molar-refractivity contribution < 1.29 is 9.13 Å². The van der Waals surface area contributed by atoms with Gasteiger partial charge in [-0.25, -0.2) is 4.39 Å². The van der Waals surface area contributed by atoms with E-state index >= 15 is 0 Å². The predicted molar refractivity (Wildman–Crippen MR) is 66.3 cm³/mol. The number of ether oxygens (including phenoxy) is 1. The Hall–Kier alpha value is -1.34. The van der Waals surface area contributed by atoms with Gasteiger partial charge in [-0.2, -0.15) is 5.26 Å². The van der Waals surface area contributed by atoms with E-state index in [1.54, 1.807) is 0 Å². The van der Waals surface area contributed by atoms with E-state index in [4.69, 9.17) is 10.00 Å². The number of rotatable bonds is 2. The highest BCUT2D eigenvalue weighted by molar-refractivity contribution is 5.28. The van der Waals surface area contributed by atoms with Crippen LogP contribution in [0.15, 0.2) is 6.07 Å². The summed E-state index contributed by atoms with van der Waals surface area (Å²) in [6, 6.07) is 3.16. The molecule has 0 aromatic carbocycles. The van der Waals surface area contributed by atoms with Crippen molar-refractivity contribution >= 4 is 0 Å². The molecule has 0 spiro atoms. The van der Waals surface area contributed by atoms with Crippen LogP contribution in [-0.2, 0) is 4.74 Å². The maximum atomic E-state index is 13.9. The molecule has 1 aliphatic heterocycles. The smallest absolute Gasteiger partial charge is 0.147 e. The maximum Gasteiger partial charge on any atom is 0.147 e. The Morgan fingerprint density at radius 1 is 1.56 bits per heavy atom. The number of hydrogen-bond acceptors (Lipinski definition) is 2. The van der Waals surface area contributed by atoms with E-state index in [0.717, 1.165) is 6.42 Å². The zero-order valence-electron chi connectivity index (χ0n) is 11.2. The van der Waals surface area contributed by atoms with Crippen molar-refractivity contribution in [2.24, 2.45) is 11.3 Å². The first kappa shape index (κ1) is 13.1. The summed E-state index contributed by atoms with van der Waals surface area (Å²) in [7, 11) is 0. The minimum Gasteiger partial charge on any atom is -0.368 e. The van der Waals surface area contributed by atoms with Crippen LogP contribution in [0.4, 0.5) is 4.39 Å². The Balaban J connectivity index is 2.39. The van der Waals surface area contributed by atoms with Crippen LogP contribution in [0.5, 0.6) is 0 Å². The van der Waals surface area contributed by atoms with Crippen LogP contribution in [0, 0.1) is 28.5 Å². The van der Waals surface area contributed by atoms with Crippen molar-refractivity contribution in [3.05, 3.63) is 23.3 Å². The Kier molecular flexibility index (Phi) is 3.20. The molecule has 1 aromatic heterocycles. The van der Waals surface area contributed by atoms with Gasteiger partial charge in [-0.15, -0.1) is 0 Å². The molecular formula is C14H19FN2O. The molecule has 1 saturated heterocycles. The molecule has 98 valence electrons. The van der Waals surface area contributed by atoms with Gasteiger partial charge in [0.1, 0.15) is 23.7 Å². The molecule has 3 nitrogen and oxygen atoms in total. The van der Waals surface area contributed by atoms with E-state index in [1.807, 2.05) is 6.07 Å². The average molecular weight is 250 g/mol. The SMILES string of the molecule is CC[C@H]1O[C@@H](c2[nH]c(C#N)cc2F)C(C)(C)[C@@H]1C. The van der Waals surface area contributed by atoms with Crippen LogP contribution in [0.3, 0.4) is 0 Å². The third-order valence-corrected chi connectivity index (χ3v) is 4.30. The molecule has 0 unspecified atom stereocenters. The Bertz CT molecular complexity index is 486. The van der Waals surface area contributed by atoms with E-state index in [0.29, 0.717) is 11.6 Å². The van der Waals surface area contributed by atoms with Crippen molar-refractivity contribution in [3.8, 4) is 6.07 Å². The largest absolute Gasteiger partial charge is 0.368 e. The summed E-state index contributed by atoms with van der Waals surface area (Å²) >= 11 is 0. The molecule has 0 saturated carbocycles. The Labute approximate surface area is 107 Å². The van der Waals surface area contributed by atoms with Crippen molar-refractivity contribution in [2.75, 3.05) is 0 Å². The van der Waals surface area contributed by atoms with Gasteiger partial charge in [0, 0.05) is 11.5 Å². The fourth-order valence-corrected chi connectivity index (χ4v) is 2.77. The van der Waals surface area contributed by atoms with Gasteiger partial charge in [0.2, 0.25) is 0 Å². The van der Waals surface area contributed by atoms with Crippen LogP contribution in [0.2, 0.25) is 0 Å². The summed E-state index contributed by atoms with van der Waals surface area (Å²) in [5.41, 5.74) is 0.493. The number of nitrogens with one attached hydrogen (secondary N) is 1. The summed E-state index contributed by atoms with van der Waals surface area (Å²) in [5, 5.41) is 8.81. The molecule has 1 aromatic rings. The Morgan fingerprint density at radius 3 is 2.67 bits per heavy atom. The minimum atomic E-state index is -0.381. The number of nitriles is 1. The second kappa shape index (κ2) is 4.40. The second-order valence-electron chi connectivity index (χ2n) is 5.63. The standard InChI is InChI=1S/C14H19FN2O/c1-5-11-8(2)14(3,4)13(18-11)12-10(15)6-9(7-16)17-12/h6,8,11,13,17H,5H2,1-4H3/t8-,11-,13+/m1/s1. The first-order valence-electron chi connectivity index (χ1n) is 6.35. The van der Waals surface area contributed by atoms with E-state index in [-0.39, 0.29) is 29.1 Å². The molecule has 2 rings (SSSR count). The molecular weight excluding hydrogens is 231 g/mol. The molecule has 0 amide bonds. The summed E-state index contributed by atoms with van der Waals surface area (Å²) < 4.78 is 19.9. The number of aromatic amines is 1. The van der Waals surface area contributed by atoms with Gasteiger partial charge in [-0.3, -0.25) is 0 Å². The fraction of sp³-hybridized carbons (Fsp3) is 0.643. The van der Waals surface area contributed by atoms with Crippen molar-refractivity contribution in [3.63, 3.8) is 0 Å². The molecule has 18 heavy (non-hydrogen) atoms. The molecule has 1 fully saturated rings. The van der Waals surface area contributed by atoms with Crippen molar-refractivity contribution in [1.82, 2.24) is 4.98 Å². The third-order valence-electron chi connectivity index (χ3n) is 4.30. The highest BCUT2D eigenvalue weighted by Gasteiger charge is 2.49. The lowest BCUT2D eigenvalue weighted by Crippen LogP contribution is -2.25. The van der Waals surface area contributed by atoms with Crippen LogP contribution < -0.4 is 0 Å². The molecule has 1 aliphatic rings. The molecule has 0 radical (unpaired) electrons. The van der Waals surface area contributed by atoms with Gasteiger partial charge in [0.25, 0.3) is 0 Å². The van der Waals surface area contributed by atoms with E-state index in [9.17, 15) is 4.39 Å². The zero-order chi connectivity index (χ0) is 13.5. The van der Waals surface area contributed by atoms with Crippen LogP contribution in [0.25, 0.3) is 0 Å². The van der Waals surface area contributed by atoms with Gasteiger partial charge in [-0.05, 0) is 12.3 Å². The quantitative estimate of drug-likeness (QED) is 0.872. The highest BCUT2D eigenvalue weighted by atomic mass is 19.1. The lowest BCUT2D eigenvalue weighted by Gasteiger charge is -2.28. The number of hydrogen-bond donors (Lipinski definition) is 1. The van der Waals surface area contributed by atoms with Gasteiger partial charge >= 0.3 is 0 Å². The topological polar surface area (TPSA) is 48.8 Å². The third kappa shape index (κ3) is 1.83. The van der Waals surface area contributed by atoms with Gasteiger partial charge in [0.05, 0.1) is 11.8 Å². The summed E-state index contributed by atoms with van der Waals surface area (Å²) in [4.78, 5) is 2.83. The monoisotopic (exact) mass is 250 g/mol. The van der Waals surface area contributed by atoms with Gasteiger partial charge in [-0.1, -0.05) is 27.7 Å². The lowest BCUT2D eigenvalue weighted by molar-refractivity contribution is 0.0115.